The van der Waals surface area contributed by atoms with Crippen molar-refractivity contribution in [2.45, 2.75) is 16.7 Å². The highest BCUT2D eigenvalue weighted by Crippen LogP contribution is 2.39. The lowest BCUT2D eigenvalue weighted by Gasteiger charge is -2.24. The number of aryl methyl sites for hydroxylation is 1. The molecule has 1 aromatic heterocycles. The molecule has 45 heavy (non-hydrogen) atoms. The Morgan fingerprint density at radius 3 is 1.84 bits per heavy atom. The first-order chi connectivity index (χ1) is 21.3. The number of nitrogens with one attached hydrogen (secondary N) is 2. The minimum absolute atomic E-state index is 0.124. The Morgan fingerprint density at radius 2 is 1.40 bits per heavy atom. The molecule has 0 atom stereocenters. The zero-order chi connectivity index (χ0) is 32.8. The molecule has 0 amide bonds. The van der Waals surface area contributed by atoms with E-state index in [-0.39, 0.29) is 34.8 Å². The normalized spacial score (nSPS) is 11.6. The van der Waals surface area contributed by atoms with Crippen LogP contribution in [-0.2, 0) is 20.2 Å². The number of hydrogen-bond acceptors (Lipinski definition) is 14. The lowest BCUT2D eigenvalue weighted by Crippen LogP contribution is -2.18. The largest absolute Gasteiger partial charge is 0.473 e. The second-order valence-electron chi connectivity index (χ2n) is 9.37. The summed E-state index contributed by atoms with van der Waals surface area (Å²) >= 11 is 1.03. The van der Waals surface area contributed by atoms with E-state index in [0.717, 1.165) is 11.5 Å². The quantitative estimate of drug-likeness (QED) is 0.0817. The Labute approximate surface area is 263 Å². The van der Waals surface area contributed by atoms with Crippen LogP contribution < -0.4 is 25.0 Å². The van der Waals surface area contributed by atoms with Gasteiger partial charge in [-0.3, -0.25) is 9.11 Å². The molecule has 3 aromatic carbocycles. The molecule has 0 bridgehead atoms. The summed E-state index contributed by atoms with van der Waals surface area (Å²) < 4.78 is 80.2. The van der Waals surface area contributed by atoms with Gasteiger partial charge in [0.15, 0.2) is 18.5 Å². The third kappa shape index (κ3) is 8.65. The molecule has 0 radical (unpaired) electrons. The molecular formula is C27H27N7O8S3. The van der Waals surface area contributed by atoms with Crippen LogP contribution in [0, 0.1) is 18.3 Å². The predicted octanol–water partition coefficient (Wildman–Crippen LogP) is 5.19. The van der Waals surface area contributed by atoms with Crippen molar-refractivity contribution in [3.05, 3.63) is 71.9 Å². The topological polar surface area (TPSA) is 216 Å². The van der Waals surface area contributed by atoms with Crippen LogP contribution in [-0.4, -0.2) is 57.9 Å². The van der Waals surface area contributed by atoms with Crippen LogP contribution in [0.3, 0.4) is 0 Å². The maximum absolute atomic E-state index is 11.5. The summed E-state index contributed by atoms with van der Waals surface area (Å²) in [6, 6.07) is 16.2. The first-order valence-corrected chi connectivity index (χ1v) is 16.4. The Balaban J connectivity index is 1.63. The summed E-state index contributed by atoms with van der Waals surface area (Å²) in [5, 5.41) is 24.5. The van der Waals surface area contributed by atoms with Crippen LogP contribution in [0.5, 0.6) is 11.5 Å². The highest BCUT2D eigenvalue weighted by Gasteiger charge is 2.16. The van der Waals surface area contributed by atoms with Crippen molar-refractivity contribution in [1.29, 1.82) is 5.26 Å². The van der Waals surface area contributed by atoms with Gasteiger partial charge in [0.05, 0.1) is 38.2 Å². The first kappa shape index (κ1) is 33.1. The molecule has 4 N–H and O–H groups in total. The van der Waals surface area contributed by atoms with Gasteiger partial charge in [0.25, 0.3) is 20.2 Å². The molecule has 236 valence electrons. The zero-order valence-corrected chi connectivity index (χ0v) is 26.4. The van der Waals surface area contributed by atoms with Crippen molar-refractivity contribution in [1.82, 2.24) is 4.37 Å². The molecule has 0 saturated heterocycles. The Hall–Kier alpha value is -4.80. The van der Waals surface area contributed by atoms with E-state index in [1.165, 1.54) is 48.5 Å². The summed E-state index contributed by atoms with van der Waals surface area (Å²) in [7, 11) is -5.26. The van der Waals surface area contributed by atoms with Crippen molar-refractivity contribution in [2.24, 2.45) is 10.2 Å². The molecule has 0 aliphatic rings. The van der Waals surface area contributed by atoms with Crippen molar-refractivity contribution in [2.75, 3.05) is 43.1 Å². The van der Waals surface area contributed by atoms with Gasteiger partial charge in [0.1, 0.15) is 23.1 Å². The van der Waals surface area contributed by atoms with Crippen LogP contribution >= 0.6 is 11.5 Å². The maximum atomic E-state index is 11.5. The number of hydrogen-bond donors (Lipinski definition) is 4. The van der Waals surface area contributed by atoms with Crippen molar-refractivity contribution >= 4 is 59.5 Å². The van der Waals surface area contributed by atoms with E-state index in [1.807, 2.05) is 0 Å². The Morgan fingerprint density at radius 1 is 0.889 bits per heavy atom. The van der Waals surface area contributed by atoms with Crippen LogP contribution in [0.4, 0.5) is 27.8 Å². The lowest BCUT2D eigenvalue weighted by molar-refractivity contribution is 0.345. The zero-order valence-electron chi connectivity index (χ0n) is 24.0. The predicted molar refractivity (Wildman–Crippen MR) is 167 cm³/mol. The van der Waals surface area contributed by atoms with Gasteiger partial charge >= 0.3 is 0 Å². The highest BCUT2D eigenvalue weighted by atomic mass is 32.2. The minimum atomic E-state index is -4.42. The summed E-state index contributed by atoms with van der Waals surface area (Å²) in [6.07, 6.45) is 0. The molecule has 0 unspecified atom stereocenters. The minimum Gasteiger partial charge on any atom is -0.473 e. The third-order valence-corrected chi connectivity index (χ3v) is 8.49. The molecule has 1 heterocycles. The fourth-order valence-corrected chi connectivity index (χ4v) is 5.64. The fourth-order valence-electron chi connectivity index (χ4n) is 3.93. The van der Waals surface area contributed by atoms with Crippen LogP contribution in [0.1, 0.15) is 11.3 Å². The molecule has 0 fully saturated rings. The molecule has 0 aliphatic carbocycles. The average molecular weight is 674 g/mol. The first-order valence-electron chi connectivity index (χ1n) is 12.8. The van der Waals surface area contributed by atoms with Gasteiger partial charge < -0.3 is 25.0 Å². The van der Waals surface area contributed by atoms with E-state index in [0.29, 0.717) is 39.0 Å². The summed E-state index contributed by atoms with van der Waals surface area (Å²) in [4.78, 5) is 1.16. The van der Waals surface area contributed by atoms with Gasteiger partial charge in [-0.1, -0.05) is 12.1 Å². The Bertz CT molecular complexity index is 1890. The van der Waals surface area contributed by atoms with E-state index in [2.05, 4.69) is 31.3 Å². The van der Waals surface area contributed by atoms with E-state index in [1.54, 1.807) is 38.1 Å². The Kier molecular flexibility index (Phi) is 10.2. The molecule has 15 nitrogen and oxygen atoms in total. The average Bonchev–Trinajstić information content (AvgIpc) is 3.34. The van der Waals surface area contributed by atoms with Crippen molar-refractivity contribution < 1.29 is 35.4 Å². The van der Waals surface area contributed by atoms with Crippen LogP contribution in [0.15, 0.2) is 80.7 Å². The van der Waals surface area contributed by atoms with E-state index >= 15 is 0 Å². The number of nitriles is 1. The lowest BCUT2D eigenvalue weighted by atomic mass is 10.2. The van der Waals surface area contributed by atoms with Gasteiger partial charge in [-0.25, -0.2) is 0 Å². The standard InChI is InChI=1S/C27H27N7O8S3/c1-17-23(14-28)27(43-33-17)32-31-18-10-24(29-15-41-19-6-4-8-21(12-19)44(35,36)37)26(34(2)3)25(11-18)30-16-42-20-7-5-9-22(13-20)45(38,39)40/h4-13,29-30H,15-16H2,1-3H3,(H,35,36,37)(H,38,39,40). The number of anilines is 3. The molecule has 0 aliphatic heterocycles. The molecule has 18 heteroatoms. The SMILES string of the molecule is Cc1nsc(N=Nc2cc(NCOc3cccc(S(=O)(=O)O)c3)c(N(C)C)c(NCOc3cccc(S(=O)(=O)O)c3)c2)c1C#N. The highest BCUT2D eigenvalue weighted by molar-refractivity contribution is 7.86. The second kappa shape index (κ2) is 13.9. The molecule has 4 aromatic rings. The second-order valence-corrected chi connectivity index (χ2v) is 13.0. The van der Waals surface area contributed by atoms with Gasteiger partial charge in [-0.05, 0) is 54.9 Å². The number of rotatable bonds is 13. The smallest absolute Gasteiger partial charge is 0.294 e. The van der Waals surface area contributed by atoms with Crippen LogP contribution in [0.2, 0.25) is 0 Å². The number of benzene rings is 3. The maximum Gasteiger partial charge on any atom is 0.294 e. The van der Waals surface area contributed by atoms with Crippen molar-refractivity contribution in [3.63, 3.8) is 0 Å². The number of ether oxygens (including phenoxy) is 2. The number of aromatic nitrogens is 1. The molecular weight excluding hydrogens is 647 g/mol. The molecule has 0 saturated carbocycles. The summed E-state index contributed by atoms with van der Waals surface area (Å²) in [5.41, 5.74) is 2.87. The van der Waals surface area contributed by atoms with Gasteiger partial charge in [-0.15, -0.1) is 10.2 Å². The third-order valence-electron chi connectivity index (χ3n) is 5.96. The monoisotopic (exact) mass is 673 g/mol. The summed E-state index contributed by atoms with van der Waals surface area (Å²) in [6.45, 7) is 1.45. The summed E-state index contributed by atoms with van der Waals surface area (Å²) in [5.74, 6) is 0.367. The number of nitrogens with zero attached hydrogens (tertiary/aromatic N) is 5. The molecule has 0 spiro atoms. The van der Waals surface area contributed by atoms with E-state index in [9.17, 15) is 31.2 Å². The number of azo groups is 1. The van der Waals surface area contributed by atoms with Gasteiger partial charge in [0, 0.05) is 26.2 Å². The van der Waals surface area contributed by atoms with E-state index < -0.39 is 20.2 Å². The molecule has 4 rings (SSSR count). The van der Waals surface area contributed by atoms with E-state index in [4.69, 9.17) is 9.47 Å². The fraction of sp³-hybridized carbons (Fsp3) is 0.185. The van der Waals surface area contributed by atoms with Gasteiger partial charge in [-0.2, -0.15) is 26.5 Å². The van der Waals surface area contributed by atoms with Crippen molar-refractivity contribution in [3.8, 4) is 17.6 Å². The van der Waals surface area contributed by atoms with Crippen LogP contribution in [0.25, 0.3) is 0 Å². The van der Waals surface area contributed by atoms with Gasteiger partial charge in [0.2, 0.25) is 0 Å².